The van der Waals surface area contributed by atoms with Gasteiger partial charge in [0, 0.05) is 11.8 Å². The van der Waals surface area contributed by atoms with Crippen molar-refractivity contribution in [1.82, 2.24) is 0 Å². The summed E-state index contributed by atoms with van der Waals surface area (Å²) in [6.07, 6.45) is 7.39. The fourth-order valence-electron chi connectivity index (χ4n) is 7.54. The fourth-order valence-corrected chi connectivity index (χ4v) is 9.60. The zero-order valence-corrected chi connectivity index (χ0v) is 28.4. The number of hydrogen-bond donors (Lipinski definition) is 1. The Morgan fingerprint density at radius 2 is 1.67 bits per heavy atom. The molecule has 0 radical (unpaired) electrons. The van der Waals surface area contributed by atoms with Gasteiger partial charge in [0.1, 0.15) is 6.10 Å². The number of hydrogen-bond acceptors (Lipinski definition) is 3. The van der Waals surface area contributed by atoms with Gasteiger partial charge in [-0.25, -0.2) is 0 Å². The van der Waals surface area contributed by atoms with Crippen LogP contribution in [0.1, 0.15) is 94.4 Å². The molecule has 5 heteroatoms. The third kappa shape index (κ3) is 6.79. The number of allylic oxidation sites excluding steroid dienone is 2. The lowest BCUT2D eigenvalue weighted by Gasteiger charge is -2.43. The van der Waals surface area contributed by atoms with E-state index in [0.717, 1.165) is 18.4 Å². The van der Waals surface area contributed by atoms with Gasteiger partial charge in [-0.2, -0.15) is 0 Å². The Balaban J connectivity index is 2.74. The van der Waals surface area contributed by atoms with Crippen molar-refractivity contribution in [3.63, 3.8) is 0 Å². The summed E-state index contributed by atoms with van der Waals surface area (Å²) in [6.45, 7) is 34.8. The van der Waals surface area contributed by atoms with Crippen molar-refractivity contribution in [3.8, 4) is 0 Å². The highest BCUT2D eigenvalue weighted by atomic mass is 28.3. The maximum Gasteiger partial charge on any atom is 0.229 e. The summed E-state index contributed by atoms with van der Waals surface area (Å²) in [7, 11) is -2.75. The van der Waals surface area contributed by atoms with E-state index in [1.807, 2.05) is 0 Å². The fraction of sp³-hybridized carbons (Fsp3) is 0.871. The van der Waals surface area contributed by atoms with Crippen LogP contribution < -0.4 is 0 Å². The van der Waals surface area contributed by atoms with Crippen LogP contribution in [0.4, 0.5) is 0 Å². The van der Waals surface area contributed by atoms with Gasteiger partial charge in [-0.1, -0.05) is 81.7 Å². The minimum atomic E-state index is -1.39. The van der Waals surface area contributed by atoms with E-state index in [4.69, 9.17) is 8.85 Å². The molecule has 2 unspecified atom stereocenters. The second-order valence-electron chi connectivity index (χ2n) is 15.4. The van der Waals surface area contributed by atoms with Gasteiger partial charge < -0.3 is 14.0 Å². The van der Waals surface area contributed by atoms with Crippen molar-refractivity contribution in [1.29, 1.82) is 0 Å². The summed E-state index contributed by atoms with van der Waals surface area (Å²) in [6, 6.07) is 0. The summed E-state index contributed by atoms with van der Waals surface area (Å²) < 4.78 is 13.8. The lowest BCUT2D eigenvalue weighted by molar-refractivity contribution is -0.0455. The molecule has 1 N–H and O–H groups in total. The molecule has 0 bridgehead atoms. The molecule has 2 aliphatic carbocycles. The van der Waals surface area contributed by atoms with Gasteiger partial charge in [-0.3, -0.25) is 0 Å². The molecule has 0 aliphatic heterocycles. The van der Waals surface area contributed by atoms with Gasteiger partial charge >= 0.3 is 0 Å². The van der Waals surface area contributed by atoms with Crippen LogP contribution in [-0.4, -0.2) is 34.9 Å². The maximum absolute atomic E-state index is 11.5. The molecule has 2 saturated carbocycles. The molecule has 0 aromatic carbocycles. The van der Waals surface area contributed by atoms with Crippen molar-refractivity contribution in [2.75, 3.05) is 0 Å². The Morgan fingerprint density at radius 3 is 2.11 bits per heavy atom. The van der Waals surface area contributed by atoms with E-state index in [1.54, 1.807) is 0 Å². The van der Waals surface area contributed by atoms with E-state index < -0.39 is 29.8 Å². The third-order valence-corrected chi connectivity index (χ3v) is 10.6. The first-order chi connectivity index (χ1) is 16.3. The van der Waals surface area contributed by atoms with Crippen molar-refractivity contribution < 1.29 is 14.0 Å². The number of aliphatic hydroxyl groups excluding tert-OH is 1. The monoisotopic (exact) mass is 536 g/mol. The summed E-state index contributed by atoms with van der Waals surface area (Å²) in [5.41, 5.74) is 0.812. The highest BCUT2D eigenvalue weighted by Crippen LogP contribution is 2.63. The zero-order chi connectivity index (χ0) is 27.9. The van der Waals surface area contributed by atoms with E-state index in [1.165, 1.54) is 25.0 Å². The number of unbranched alkanes of at least 4 members (excludes halogenated alkanes) is 1. The predicted molar refractivity (Wildman–Crippen MR) is 161 cm³/mol. The topological polar surface area (TPSA) is 38.7 Å². The Kier molecular flexibility index (Phi) is 10.1. The van der Waals surface area contributed by atoms with Crippen LogP contribution in [-0.2, 0) is 8.85 Å². The second-order valence-corrected chi connectivity index (χ2v) is 20.0. The standard InChI is InChI=1S/C31H60O3Si2/c1-15-16-17-30(9,10)25(29(6,7)8)19-24(33-35(11)12)26-22-18-21(2)27(32)31(22,34-36(13)14)20-23(26)28(3,4)5/h19,22-23,25-27,32,35-36H,2,15-18,20H2,1,3-14H3/t22-,23+,25?,26+,27?,31-/m0/s1. The second kappa shape index (κ2) is 11.4. The highest BCUT2D eigenvalue weighted by Gasteiger charge is 2.65. The quantitative estimate of drug-likeness (QED) is 0.174. The molecule has 0 aromatic heterocycles. The Morgan fingerprint density at radius 1 is 1.08 bits per heavy atom. The predicted octanol–water partition coefficient (Wildman–Crippen LogP) is 8.11. The SMILES string of the molecule is C=C1C[C@H]2[C@@H](C(=CC(C(C)(C)C)C(C)(C)CCCC)O[SiH](C)C)[C@H](C(C)(C)C)C[C@@]2(O[SiH](C)C)C1O. The average Bonchev–Trinajstić information content (AvgIpc) is 3.12. The van der Waals surface area contributed by atoms with Crippen molar-refractivity contribution in [2.45, 2.75) is 132 Å². The molecular formula is C31H60O3Si2. The van der Waals surface area contributed by atoms with Crippen LogP contribution in [0.5, 0.6) is 0 Å². The third-order valence-electron chi connectivity index (χ3n) is 8.91. The van der Waals surface area contributed by atoms with Gasteiger partial charge in [0.05, 0.1) is 11.4 Å². The molecule has 0 saturated heterocycles. The molecule has 2 rings (SSSR count). The Hall–Kier alpha value is -0.366. The van der Waals surface area contributed by atoms with Crippen LogP contribution in [0, 0.1) is 39.9 Å². The number of aliphatic hydroxyl groups is 1. The largest absolute Gasteiger partial charge is 0.550 e. The van der Waals surface area contributed by atoms with Crippen molar-refractivity contribution in [2.24, 2.45) is 39.9 Å². The van der Waals surface area contributed by atoms with Crippen LogP contribution >= 0.6 is 0 Å². The molecule has 2 fully saturated rings. The smallest absolute Gasteiger partial charge is 0.229 e. The van der Waals surface area contributed by atoms with Crippen LogP contribution in [0.2, 0.25) is 26.2 Å². The maximum atomic E-state index is 11.5. The summed E-state index contributed by atoms with van der Waals surface area (Å²) in [5, 5.41) is 11.5. The molecule has 0 spiro atoms. The molecule has 0 aromatic rings. The minimum absolute atomic E-state index is 0.0842. The van der Waals surface area contributed by atoms with Crippen LogP contribution in [0.3, 0.4) is 0 Å². The average molecular weight is 537 g/mol. The lowest BCUT2D eigenvalue weighted by Crippen LogP contribution is -2.47. The van der Waals surface area contributed by atoms with Gasteiger partial charge in [-0.05, 0) is 85.2 Å². The summed E-state index contributed by atoms with van der Waals surface area (Å²) >= 11 is 0. The Labute approximate surface area is 228 Å². The molecule has 0 heterocycles. The van der Waals surface area contributed by atoms with E-state index in [2.05, 4.69) is 101 Å². The summed E-state index contributed by atoms with van der Waals surface area (Å²) in [4.78, 5) is 0. The first-order valence-electron chi connectivity index (χ1n) is 14.7. The van der Waals surface area contributed by atoms with E-state index >= 15 is 0 Å². The van der Waals surface area contributed by atoms with Gasteiger partial charge in [0.25, 0.3) is 0 Å². The molecular weight excluding hydrogens is 477 g/mol. The number of rotatable bonds is 10. The molecule has 3 nitrogen and oxygen atoms in total. The van der Waals surface area contributed by atoms with Crippen LogP contribution in [0.25, 0.3) is 0 Å². The van der Waals surface area contributed by atoms with E-state index in [-0.39, 0.29) is 28.1 Å². The van der Waals surface area contributed by atoms with Crippen molar-refractivity contribution >= 4 is 18.1 Å². The molecule has 6 atom stereocenters. The molecule has 36 heavy (non-hydrogen) atoms. The van der Waals surface area contributed by atoms with Crippen LogP contribution in [0.15, 0.2) is 24.0 Å². The lowest BCUT2D eigenvalue weighted by atomic mass is 9.63. The first kappa shape index (κ1) is 31.8. The molecule has 0 amide bonds. The first-order valence-corrected chi connectivity index (χ1v) is 20.3. The van der Waals surface area contributed by atoms with Gasteiger partial charge in [0.2, 0.25) is 9.04 Å². The molecule has 210 valence electrons. The van der Waals surface area contributed by atoms with E-state index in [9.17, 15) is 5.11 Å². The zero-order valence-electron chi connectivity index (χ0n) is 26.1. The molecule has 2 aliphatic rings. The highest BCUT2D eigenvalue weighted by molar-refractivity contribution is 6.49. The van der Waals surface area contributed by atoms with Gasteiger partial charge in [-0.15, -0.1) is 0 Å². The minimum Gasteiger partial charge on any atom is -0.550 e. The van der Waals surface area contributed by atoms with E-state index in [0.29, 0.717) is 11.8 Å². The van der Waals surface area contributed by atoms with Gasteiger partial charge in [0.15, 0.2) is 9.04 Å². The van der Waals surface area contributed by atoms with Crippen molar-refractivity contribution in [3.05, 3.63) is 24.0 Å². The normalized spacial score (nSPS) is 30.9. The number of fused-ring (bicyclic) bond motifs is 1. The summed E-state index contributed by atoms with van der Waals surface area (Å²) in [5.74, 6) is 2.44. The Bertz CT molecular complexity index is 787.